The van der Waals surface area contributed by atoms with Gasteiger partial charge in [-0.05, 0) is 11.6 Å². The first-order chi connectivity index (χ1) is 10.2. The lowest BCUT2D eigenvalue weighted by Gasteiger charge is -2.33. The van der Waals surface area contributed by atoms with Crippen molar-refractivity contribution in [2.45, 2.75) is 6.10 Å². The molecule has 0 spiro atoms. The molecule has 2 aromatic rings. The maximum atomic E-state index is 13.1. The number of hydrogen-bond acceptors (Lipinski definition) is 3. The van der Waals surface area contributed by atoms with Gasteiger partial charge in [-0.1, -0.05) is 30.3 Å². The third-order valence-corrected chi connectivity index (χ3v) is 3.50. The fourth-order valence-corrected chi connectivity index (χ4v) is 2.42. The lowest BCUT2D eigenvalue weighted by Crippen LogP contribution is -2.42. The van der Waals surface area contributed by atoms with E-state index in [0.717, 1.165) is 11.6 Å². The Kier molecular flexibility index (Phi) is 3.92. The normalized spacial score (nSPS) is 18.5. The second-order valence-electron chi connectivity index (χ2n) is 4.89. The lowest BCUT2D eigenvalue weighted by molar-refractivity contribution is -0.0228. The molecule has 1 saturated heterocycles. The minimum absolute atomic E-state index is 0.143. The summed E-state index contributed by atoms with van der Waals surface area (Å²) in [7, 11) is 0. The van der Waals surface area contributed by atoms with Crippen molar-refractivity contribution in [3.8, 4) is 0 Å². The maximum absolute atomic E-state index is 13.1. The summed E-state index contributed by atoms with van der Waals surface area (Å²) in [5.41, 5.74) is 1.35. The third-order valence-electron chi connectivity index (χ3n) is 3.50. The Morgan fingerprint density at radius 2 is 2.10 bits per heavy atom. The summed E-state index contributed by atoms with van der Waals surface area (Å²) < 4.78 is 18.9. The van der Waals surface area contributed by atoms with Crippen molar-refractivity contribution in [2.24, 2.45) is 0 Å². The van der Waals surface area contributed by atoms with Gasteiger partial charge in [0, 0.05) is 24.4 Å². The van der Waals surface area contributed by atoms with Crippen LogP contribution >= 0.6 is 0 Å². The summed E-state index contributed by atoms with van der Waals surface area (Å²) in [6.45, 7) is 1.44. The average Bonchev–Trinajstić information content (AvgIpc) is 2.55. The summed E-state index contributed by atoms with van der Waals surface area (Å²) in [6, 6.07) is 12.5. The number of pyridine rings is 1. The van der Waals surface area contributed by atoms with E-state index in [4.69, 9.17) is 4.74 Å². The number of benzene rings is 1. The number of nitrogens with zero attached hydrogens (tertiary/aromatic N) is 2. The molecule has 4 nitrogen and oxygen atoms in total. The number of rotatable bonds is 2. The van der Waals surface area contributed by atoms with E-state index in [0.29, 0.717) is 25.3 Å². The van der Waals surface area contributed by atoms with Gasteiger partial charge >= 0.3 is 0 Å². The smallest absolute Gasteiger partial charge is 0.254 e. The molecule has 1 atom stereocenters. The van der Waals surface area contributed by atoms with Gasteiger partial charge in [-0.2, -0.15) is 4.39 Å². The number of hydrogen-bond donors (Lipinski definition) is 0. The lowest BCUT2D eigenvalue weighted by atomic mass is 10.1. The number of amides is 1. The van der Waals surface area contributed by atoms with Crippen LogP contribution in [0.2, 0.25) is 0 Å². The highest BCUT2D eigenvalue weighted by molar-refractivity contribution is 5.94. The van der Waals surface area contributed by atoms with E-state index >= 15 is 0 Å². The molecule has 1 unspecified atom stereocenters. The molecule has 0 aliphatic carbocycles. The Bertz CT molecular complexity index is 633. The molecule has 1 amide bonds. The highest BCUT2D eigenvalue weighted by Crippen LogP contribution is 2.23. The summed E-state index contributed by atoms with van der Waals surface area (Å²) in [6.07, 6.45) is 1.16. The Balaban J connectivity index is 1.75. The van der Waals surface area contributed by atoms with Gasteiger partial charge in [0.1, 0.15) is 6.10 Å². The third kappa shape index (κ3) is 3.08. The number of carbonyl (C=O) groups excluding carboxylic acids is 1. The molecular weight excluding hydrogens is 271 g/mol. The number of halogens is 1. The first-order valence-electron chi connectivity index (χ1n) is 6.81. The maximum Gasteiger partial charge on any atom is 0.254 e. The van der Waals surface area contributed by atoms with E-state index in [-0.39, 0.29) is 12.0 Å². The topological polar surface area (TPSA) is 42.4 Å². The first kappa shape index (κ1) is 13.7. The molecule has 1 aliphatic heterocycles. The van der Waals surface area contributed by atoms with E-state index in [1.807, 2.05) is 30.3 Å². The summed E-state index contributed by atoms with van der Waals surface area (Å²) in [5, 5.41) is 0. The van der Waals surface area contributed by atoms with Gasteiger partial charge in [-0.3, -0.25) is 4.79 Å². The Hall–Kier alpha value is -2.27. The van der Waals surface area contributed by atoms with Crippen LogP contribution in [0.15, 0.2) is 48.7 Å². The van der Waals surface area contributed by atoms with Crippen LogP contribution in [-0.2, 0) is 4.74 Å². The second kappa shape index (κ2) is 6.01. The zero-order valence-electron chi connectivity index (χ0n) is 11.4. The first-order valence-corrected chi connectivity index (χ1v) is 6.81. The van der Waals surface area contributed by atoms with E-state index in [1.54, 1.807) is 4.90 Å². The van der Waals surface area contributed by atoms with Crippen molar-refractivity contribution in [3.05, 3.63) is 65.7 Å². The fraction of sp³-hybridized carbons (Fsp3) is 0.250. The van der Waals surface area contributed by atoms with Crippen molar-refractivity contribution in [3.63, 3.8) is 0 Å². The van der Waals surface area contributed by atoms with Gasteiger partial charge in [0.15, 0.2) is 0 Å². The van der Waals surface area contributed by atoms with E-state index in [1.165, 1.54) is 12.3 Å². The van der Waals surface area contributed by atoms with Crippen LogP contribution in [0.5, 0.6) is 0 Å². The molecule has 0 bridgehead atoms. The van der Waals surface area contributed by atoms with Gasteiger partial charge in [0.05, 0.1) is 13.2 Å². The molecular formula is C16H15FN2O2. The van der Waals surface area contributed by atoms with E-state index in [9.17, 15) is 9.18 Å². The Morgan fingerprint density at radius 1 is 1.29 bits per heavy atom. The molecule has 1 aliphatic rings. The van der Waals surface area contributed by atoms with Crippen molar-refractivity contribution in [1.82, 2.24) is 9.88 Å². The molecule has 0 N–H and O–H groups in total. The molecule has 1 aromatic carbocycles. The van der Waals surface area contributed by atoms with E-state index in [2.05, 4.69) is 4.98 Å². The standard InChI is InChI=1S/C16H15FN2O2/c17-15-10-13(6-7-18-15)16(20)19-8-9-21-14(11-19)12-4-2-1-3-5-12/h1-7,10,14H,8-9,11H2. The molecule has 3 rings (SSSR count). The number of ether oxygens (including phenoxy) is 1. The van der Waals surface area contributed by atoms with Crippen molar-refractivity contribution in [1.29, 1.82) is 0 Å². The van der Waals surface area contributed by atoms with Gasteiger partial charge in [-0.25, -0.2) is 4.98 Å². The van der Waals surface area contributed by atoms with Crippen LogP contribution in [0.25, 0.3) is 0 Å². The molecule has 21 heavy (non-hydrogen) atoms. The predicted molar refractivity (Wildman–Crippen MR) is 75.2 cm³/mol. The van der Waals surface area contributed by atoms with Crippen LogP contribution in [-0.4, -0.2) is 35.5 Å². The highest BCUT2D eigenvalue weighted by atomic mass is 19.1. The van der Waals surface area contributed by atoms with Crippen molar-refractivity contribution < 1.29 is 13.9 Å². The van der Waals surface area contributed by atoms with E-state index < -0.39 is 5.95 Å². The molecule has 0 saturated carbocycles. The highest BCUT2D eigenvalue weighted by Gasteiger charge is 2.26. The summed E-state index contributed by atoms with van der Waals surface area (Å²) in [4.78, 5) is 17.6. The fourth-order valence-electron chi connectivity index (χ4n) is 2.42. The van der Waals surface area contributed by atoms with Crippen LogP contribution in [0.3, 0.4) is 0 Å². The van der Waals surface area contributed by atoms with Crippen LogP contribution in [0.4, 0.5) is 4.39 Å². The van der Waals surface area contributed by atoms with Crippen LogP contribution < -0.4 is 0 Å². The van der Waals surface area contributed by atoms with Gasteiger partial charge in [-0.15, -0.1) is 0 Å². The van der Waals surface area contributed by atoms with Gasteiger partial charge in [0.25, 0.3) is 5.91 Å². The Morgan fingerprint density at radius 3 is 2.86 bits per heavy atom. The number of aromatic nitrogens is 1. The van der Waals surface area contributed by atoms with Crippen molar-refractivity contribution in [2.75, 3.05) is 19.7 Å². The molecule has 1 fully saturated rings. The zero-order valence-corrected chi connectivity index (χ0v) is 11.4. The molecule has 108 valence electrons. The Labute approximate surface area is 122 Å². The number of morpholine rings is 1. The number of carbonyl (C=O) groups is 1. The van der Waals surface area contributed by atoms with Crippen LogP contribution in [0.1, 0.15) is 22.0 Å². The molecule has 1 aromatic heterocycles. The minimum atomic E-state index is -0.645. The predicted octanol–water partition coefficient (Wildman–Crippen LogP) is 2.43. The minimum Gasteiger partial charge on any atom is -0.370 e. The zero-order chi connectivity index (χ0) is 14.7. The second-order valence-corrected chi connectivity index (χ2v) is 4.89. The molecule has 2 heterocycles. The van der Waals surface area contributed by atoms with Gasteiger partial charge < -0.3 is 9.64 Å². The molecule has 0 radical (unpaired) electrons. The monoisotopic (exact) mass is 286 g/mol. The average molecular weight is 286 g/mol. The summed E-state index contributed by atoms with van der Waals surface area (Å²) in [5.74, 6) is -0.839. The molecule has 5 heteroatoms. The van der Waals surface area contributed by atoms with Crippen LogP contribution in [0, 0.1) is 5.95 Å². The largest absolute Gasteiger partial charge is 0.370 e. The summed E-state index contributed by atoms with van der Waals surface area (Å²) >= 11 is 0. The van der Waals surface area contributed by atoms with Crippen molar-refractivity contribution >= 4 is 5.91 Å². The van der Waals surface area contributed by atoms with Gasteiger partial charge in [0.2, 0.25) is 5.95 Å². The quantitative estimate of drug-likeness (QED) is 0.796. The SMILES string of the molecule is O=C(c1ccnc(F)c1)N1CCOC(c2ccccc2)C1.